The second-order valence-corrected chi connectivity index (χ2v) is 6.68. The van der Waals surface area contributed by atoms with Gasteiger partial charge in [0, 0.05) is 35.7 Å². The molecule has 0 aliphatic heterocycles. The molecule has 4 aromatic rings. The van der Waals surface area contributed by atoms with Crippen LogP contribution < -0.4 is 5.32 Å². The Morgan fingerprint density at radius 3 is 2.48 bits per heavy atom. The van der Waals surface area contributed by atoms with E-state index in [0.717, 1.165) is 5.69 Å². The van der Waals surface area contributed by atoms with Gasteiger partial charge in [-0.05, 0) is 36.4 Å². The van der Waals surface area contributed by atoms with Crippen LogP contribution in [0.2, 0.25) is 0 Å². The number of pyridine rings is 1. The van der Waals surface area contributed by atoms with Crippen molar-refractivity contribution in [1.29, 1.82) is 0 Å². The maximum absolute atomic E-state index is 12.6. The van der Waals surface area contributed by atoms with Crippen LogP contribution in [-0.4, -0.2) is 30.7 Å². The fourth-order valence-electron chi connectivity index (χ4n) is 3.08. The fraction of sp³-hybridized carbons (Fsp3) is 0.0455. The van der Waals surface area contributed by atoms with Crippen molar-refractivity contribution in [2.24, 2.45) is 0 Å². The summed E-state index contributed by atoms with van der Waals surface area (Å²) in [6.07, 6.45) is 3.17. The molecule has 9 heteroatoms. The van der Waals surface area contributed by atoms with Crippen LogP contribution in [0.5, 0.6) is 5.75 Å². The summed E-state index contributed by atoms with van der Waals surface area (Å²) in [5.74, 6) is -0.448. The summed E-state index contributed by atoms with van der Waals surface area (Å²) in [5, 5.41) is 28.0. The molecule has 0 fully saturated rings. The summed E-state index contributed by atoms with van der Waals surface area (Å²) in [6.45, 7) is 0. The van der Waals surface area contributed by atoms with Crippen molar-refractivity contribution in [3.63, 3.8) is 0 Å². The van der Waals surface area contributed by atoms with E-state index in [9.17, 15) is 20.0 Å². The molecule has 2 aromatic heterocycles. The Morgan fingerprint density at radius 2 is 1.81 bits per heavy atom. The van der Waals surface area contributed by atoms with Crippen LogP contribution in [-0.2, 0) is 11.2 Å². The van der Waals surface area contributed by atoms with Gasteiger partial charge in [0.25, 0.3) is 5.69 Å². The lowest BCUT2D eigenvalue weighted by Gasteiger charge is -2.06. The van der Waals surface area contributed by atoms with E-state index in [2.05, 4.69) is 15.4 Å². The fourth-order valence-corrected chi connectivity index (χ4v) is 3.08. The number of benzene rings is 2. The van der Waals surface area contributed by atoms with E-state index in [1.807, 2.05) is 30.3 Å². The van der Waals surface area contributed by atoms with Crippen molar-refractivity contribution >= 4 is 17.4 Å². The van der Waals surface area contributed by atoms with Gasteiger partial charge in [-0.1, -0.05) is 18.2 Å². The average Bonchev–Trinajstić information content (AvgIpc) is 3.19. The van der Waals surface area contributed by atoms with Crippen molar-refractivity contribution in [3.8, 4) is 22.7 Å². The first-order chi connectivity index (χ1) is 15.0. The maximum Gasteiger partial charge on any atom is 0.269 e. The smallest absolute Gasteiger partial charge is 0.269 e. The Balaban J connectivity index is 1.68. The third kappa shape index (κ3) is 4.40. The lowest BCUT2D eigenvalue weighted by molar-refractivity contribution is -0.384. The standard InChI is InChI=1S/C22H17N5O4/c28-19-7-4-12-23-22(19)24-20(29)13-16-14-26(17-5-2-1-3-6-17)25-21(16)15-8-10-18(11-9-15)27(30)31/h1-12,14,28H,13H2,(H,23,24,29). The molecule has 31 heavy (non-hydrogen) atoms. The van der Waals surface area contributed by atoms with E-state index in [-0.39, 0.29) is 29.6 Å². The van der Waals surface area contributed by atoms with Crippen molar-refractivity contribution in [1.82, 2.24) is 14.8 Å². The number of anilines is 1. The molecule has 0 atom stereocenters. The SMILES string of the molecule is O=C(Cc1cn(-c2ccccc2)nc1-c1ccc([N+](=O)[O-])cc1)Nc1ncccc1O. The summed E-state index contributed by atoms with van der Waals surface area (Å²) in [7, 11) is 0. The minimum atomic E-state index is -0.472. The molecule has 1 amide bonds. The summed E-state index contributed by atoms with van der Waals surface area (Å²) in [5.41, 5.74) is 2.56. The number of nitro benzene ring substituents is 1. The third-order valence-electron chi connectivity index (χ3n) is 4.56. The second-order valence-electron chi connectivity index (χ2n) is 6.68. The Bertz CT molecular complexity index is 1240. The molecule has 0 aliphatic carbocycles. The Morgan fingerprint density at radius 1 is 1.06 bits per heavy atom. The largest absolute Gasteiger partial charge is 0.504 e. The van der Waals surface area contributed by atoms with Gasteiger partial charge in [0.2, 0.25) is 5.91 Å². The first kappa shape index (κ1) is 19.8. The molecule has 0 unspecified atom stereocenters. The Hall–Kier alpha value is -4.53. The van der Waals surface area contributed by atoms with E-state index in [4.69, 9.17) is 0 Å². The molecule has 0 saturated heterocycles. The topological polar surface area (TPSA) is 123 Å². The molecular weight excluding hydrogens is 398 g/mol. The highest BCUT2D eigenvalue weighted by Gasteiger charge is 2.17. The van der Waals surface area contributed by atoms with Crippen molar-refractivity contribution < 1.29 is 14.8 Å². The number of rotatable bonds is 6. The van der Waals surface area contributed by atoms with Crippen LogP contribution in [0, 0.1) is 10.1 Å². The number of amides is 1. The van der Waals surface area contributed by atoms with Crippen LogP contribution in [0.4, 0.5) is 11.5 Å². The van der Waals surface area contributed by atoms with E-state index in [1.54, 1.807) is 29.1 Å². The van der Waals surface area contributed by atoms with Gasteiger partial charge in [0.05, 0.1) is 22.7 Å². The van der Waals surface area contributed by atoms with Crippen LogP contribution in [0.1, 0.15) is 5.56 Å². The molecule has 9 nitrogen and oxygen atoms in total. The van der Waals surface area contributed by atoms with Gasteiger partial charge in [-0.3, -0.25) is 14.9 Å². The molecule has 0 bridgehead atoms. The number of hydrogen-bond donors (Lipinski definition) is 2. The summed E-state index contributed by atoms with van der Waals surface area (Å²) < 4.78 is 1.65. The quantitative estimate of drug-likeness (QED) is 0.365. The van der Waals surface area contributed by atoms with Crippen LogP contribution in [0.15, 0.2) is 79.1 Å². The first-order valence-corrected chi connectivity index (χ1v) is 9.34. The van der Waals surface area contributed by atoms with Crippen molar-refractivity contribution in [3.05, 3.63) is 94.8 Å². The van der Waals surface area contributed by atoms with Gasteiger partial charge >= 0.3 is 0 Å². The average molecular weight is 415 g/mol. The first-order valence-electron chi connectivity index (χ1n) is 9.34. The minimum absolute atomic E-state index is 0.0313. The van der Waals surface area contributed by atoms with Crippen molar-refractivity contribution in [2.45, 2.75) is 6.42 Å². The molecule has 0 aliphatic rings. The molecule has 2 heterocycles. The number of nitrogens with zero attached hydrogens (tertiary/aromatic N) is 4. The van der Waals surface area contributed by atoms with Crippen LogP contribution >= 0.6 is 0 Å². The van der Waals surface area contributed by atoms with Crippen LogP contribution in [0.25, 0.3) is 16.9 Å². The molecular formula is C22H17N5O4. The predicted octanol–water partition coefficient (Wildman–Crippen LogP) is 3.73. The highest BCUT2D eigenvalue weighted by molar-refractivity contribution is 5.93. The molecule has 0 spiro atoms. The highest BCUT2D eigenvalue weighted by atomic mass is 16.6. The number of para-hydroxylation sites is 1. The number of carbonyl (C=O) groups is 1. The van der Waals surface area contributed by atoms with Gasteiger partial charge < -0.3 is 10.4 Å². The summed E-state index contributed by atoms with van der Waals surface area (Å²) in [4.78, 5) is 27.1. The van der Waals surface area contributed by atoms with Gasteiger partial charge in [0.15, 0.2) is 11.6 Å². The number of nitrogens with one attached hydrogen (secondary N) is 1. The van der Waals surface area contributed by atoms with Gasteiger partial charge in [0.1, 0.15) is 0 Å². The monoisotopic (exact) mass is 415 g/mol. The van der Waals surface area contributed by atoms with Crippen LogP contribution in [0.3, 0.4) is 0 Å². The number of carbonyl (C=O) groups excluding carboxylic acids is 1. The molecule has 0 radical (unpaired) electrons. The molecule has 0 saturated carbocycles. The summed E-state index contributed by atoms with van der Waals surface area (Å²) >= 11 is 0. The number of nitro groups is 1. The van der Waals surface area contributed by atoms with E-state index in [1.165, 1.54) is 24.4 Å². The minimum Gasteiger partial charge on any atom is -0.504 e. The zero-order valence-corrected chi connectivity index (χ0v) is 16.2. The molecule has 2 N–H and O–H groups in total. The molecule has 4 rings (SSSR count). The molecule has 154 valence electrons. The normalized spacial score (nSPS) is 10.6. The van der Waals surface area contributed by atoms with Gasteiger partial charge in [-0.2, -0.15) is 5.10 Å². The van der Waals surface area contributed by atoms with E-state index in [0.29, 0.717) is 16.8 Å². The zero-order chi connectivity index (χ0) is 21.8. The van der Waals surface area contributed by atoms with Crippen molar-refractivity contribution in [2.75, 3.05) is 5.32 Å². The number of aromatic nitrogens is 3. The van der Waals surface area contributed by atoms with Gasteiger partial charge in [-0.15, -0.1) is 0 Å². The Labute approximate surface area is 176 Å². The summed E-state index contributed by atoms with van der Waals surface area (Å²) in [6, 6.07) is 18.4. The van der Waals surface area contributed by atoms with E-state index >= 15 is 0 Å². The zero-order valence-electron chi connectivity index (χ0n) is 16.2. The highest BCUT2D eigenvalue weighted by Crippen LogP contribution is 2.27. The maximum atomic E-state index is 12.6. The number of aromatic hydroxyl groups is 1. The lowest BCUT2D eigenvalue weighted by Crippen LogP contribution is -2.15. The third-order valence-corrected chi connectivity index (χ3v) is 4.56. The molecule has 2 aromatic carbocycles. The predicted molar refractivity (Wildman–Crippen MR) is 114 cm³/mol. The second kappa shape index (κ2) is 8.46. The van der Waals surface area contributed by atoms with Gasteiger partial charge in [-0.25, -0.2) is 9.67 Å². The number of hydrogen-bond acceptors (Lipinski definition) is 6. The lowest BCUT2D eigenvalue weighted by atomic mass is 10.1. The Kier molecular flexibility index (Phi) is 5.39. The number of non-ortho nitro benzene ring substituents is 1. The van der Waals surface area contributed by atoms with E-state index < -0.39 is 4.92 Å².